The summed E-state index contributed by atoms with van der Waals surface area (Å²) in [7, 11) is -1.21. The standard InChI is InChI=1S/C15H33NO7Si/c1-7-16(15(17)23-22-14(5)18-6)12-11-13-24(19-8-2,20-9-3)21-10-4/h14H,7-13H2,1-6H3. The number of rotatable bonds is 14. The molecule has 0 heterocycles. The molecule has 0 aromatic carbocycles. The zero-order valence-corrected chi connectivity index (χ0v) is 16.8. The molecule has 0 N–H and O–H groups in total. The van der Waals surface area contributed by atoms with Crippen molar-refractivity contribution in [3.8, 4) is 0 Å². The summed E-state index contributed by atoms with van der Waals surface area (Å²) < 4.78 is 22.3. The summed E-state index contributed by atoms with van der Waals surface area (Å²) in [4.78, 5) is 23.1. The number of carbonyl (C=O) groups is 1. The Bertz CT molecular complexity index is 316. The fourth-order valence-electron chi connectivity index (χ4n) is 2.07. The first kappa shape index (κ1) is 23.3. The van der Waals surface area contributed by atoms with Crippen molar-refractivity contribution in [1.29, 1.82) is 0 Å². The number of carbonyl (C=O) groups excluding carboxylic acids is 1. The van der Waals surface area contributed by atoms with Crippen LogP contribution in [-0.4, -0.2) is 66.1 Å². The Hall–Kier alpha value is -0.713. The quantitative estimate of drug-likeness (QED) is 0.202. The SMILES string of the molecule is CCO[Si](CCCN(CC)C(=O)OOC(C)OC)(OCC)OCC. The second kappa shape index (κ2) is 13.6. The van der Waals surface area contributed by atoms with Gasteiger partial charge in [-0.15, -0.1) is 0 Å². The average Bonchev–Trinajstić information content (AvgIpc) is 2.57. The zero-order valence-electron chi connectivity index (χ0n) is 15.8. The number of hydrogen-bond donors (Lipinski definition) is 0. The van der Waals surface area contributed by atoms with E-state index in [-0.39, 0.29) is 0 Å². The van der Waals surface area contributed by atoms with E-state index < -0.39 is 21.2 Å². The van der Waals surface area contributed by atoms with E-state index in [2.05, 4.69) is 0 Å². The van der Waals surface area contributed by atoms with Gasteiger partial charge in [0.2, 0.25) is 0 Å². The lowest BCUT2D eigenvalue weighted by atomic mass is 10.4. The molecule has 0 aromatic rings. The van der Waals surface area contributed by atoms with Crippen LogP contribution in [0.2, 0.25) is 6.04 Å². The highest BCUT2D eigenvalue weighted by Crippen LogP contribution is 2.18. The van der Waals surface area contributed by atoms with Crippen molar-refractivity contribution in [3.63, 3.8) is 0 Å². The van der Waals surface area contributed by atoms with Crippen LogP contribution in [0.25, 0.3) is 0 Å². The van der Waals surface area contributed by atoms with E-state index in [0.717, 1.165) is 0 Å². The van der Waals surface area contributed by atoms with Crippen LogP contribution in [0.15, 0.2) is 0 Å². The van der Waals surface area contributed by atoms with Gasteiger partial charge in [-0.25, -0.2) is 4.79 Å². The third kappa shape index (κ3) is 8.95. The number of amides is 1. The largest absolute Gasteiger partial charge is 0.500 e. The second-order valence-electron chi connectivity index (χ2n) is 4.91. The maximum absolute atomic E-state index is 12.0. The van der Waals surface area contributed by atoms with E-state index in [1.165, 1.54) is 7.11 Å². The van der Waals surface area contributed by atoms with Crippen molar-refractivity contribution in [2.45, 2.75) is 53.4 Å². The summed E-state index contributed by atoms with van der Waals surface area (Å²) in [5, 5.41) is 0. The van der Waals surface area contributed by atoms with Crippen molar-refractivity contribution in [2.24, 2.45) is 0 Å². The molecule has 9 heteroatoms. The predicted molar refractivity (Wildman–Crippen MR) is 91.3 cm³/mol. The van der Waals surface area contributed by atoms with E-state index in [0.29, 0.717) is 45.4 Å². The smallest absolute Gasteiger partial charge is 0.374 e. The molecule has 144 valence electrons. The van der Waals surface area contributed by atoms with Gasteiger partial charge in [0.05, 0.1) is 0 Å². The minimum absolute atomic E-state index is 0.502. The Morgan fingerprint density at radius 3 is 2.00 bits per heavy atom. The van der Waals surface area contributed by atoms with Crippen LogP contribution in [0.1, 0.15) is 41.0 Å². The van der Waals surface area contributed by atoms with Crippen LogP contribution in [0.4, 0.5) is 4.79 Å². The molecule has 0 fully saturated rings. The highest BCUT2D eigenvalue weighted by Gasteiger charge is 2.39. The molecular formula is C15H33NO7Si. The molecule has 0 saturated heterocycles. The molecule has 8 nitrogen and oxygen atoms in total. The first-order chi connectivity index (χ1) is 11.5. The highest BCUT2D eigenvalue weighted by atomic mass is 28.4. The van der Waals surface area contributed by atoms with Gasteiger partial charge < -0.3 is 22.9 Å². The normalized spacial score (nSPS) is 12.9. The molecule has 0 aliphatic heterocycles. The van der Waals surface area contributed by atoms with Crippen molar-refractivity contribution < 1.29 is 32.6 Å². The third-order valence-electron chi connectivity index (χ3n) is 3.23. The van der Waals surface area contributed by atoms with Crippen LogP contribution in [0, 0.1) is 0 Å². The molecule has 0 saturated carbocycles. The molecule has 1 amide bonds. The minimum atomic E-state index is -2.68. The third-order valence-corrected chi connectivity index (χ3v) is 6.38. The van der Waals surface area contributed by atoms with Crippen molar-refractivity contribution in [2.75, 3.05) is 40.0 Å². The first-order valence-electron chi connectivity index (χ1n) is 8.55. The van der Waals surface area contributed by atoms with Crippen LogP contribution in [-0.2, 0) is 27.8 Å². The van der Waals surface area contributed by atoms with E-state index in [1.54, 1.807) is 11.8 Å². The lowest BCUT2D eigenvalue weighted by Crippen LogP contribution is -2.46. The van der Waals surface area contributed by atoms with Crippen molar-refractivity contribution in [1.82, 2.24) is 4.90 Å². The summed E-state index contributed by atoms with van der Waals surface area (Å²) in [5.74, 6) is 0. The van der Waals surface area contributed by atoms with Gasteiger partial charge in [-0.2, -0.15) is 4.89 Å². The molecule has 0 bridgehead atoms. The van der Waals surface area contributed by atoms with Gasteiger partial charge in [-0.1, -0.05) is 0 Å². The molecule has 24 heavy (non-hydrogen) atoms. The molecule has 0 rings (SSSR count). The predicted octanol–water partition coefficient (Wildman–Crippen LogP) is 2.81. The molecule has 0 aliphatic carbocycles. The fourth-order valence-corrected chi connectivity index (χ4v) is 4.66. The first-order valence-corrected chi connectivity index (χ1v) is 10.5. The van der Waals surface area contributed by atoms with Crippen LogP contribution < -0.4 is 0 Å². The summed E-state index contributed by atoms with van der Waals surface area (Å²) in [6.07, 6.45) is -0.464. The maximum Gasteiger partial charge on any atom is 0.500 e. The summed E-state index contributed by atoms with van der Waals surface area (Å²) in [5.41, 5.74) is 0. The van der Waals surface area contributed by atoms with Gasteiger partial charge in [0, 0.05) is 46.1 Å². The molecule has 0 aromatic heterocycles. The highest BCUT2D eigenvalue weighted by molar-refractivity contribution is 6.60. The maximum atomic E-state index is 12.0. The minimum Gasteiger partial charge on any atom is -0.374 e. The number of nitrogens with zero attached hydrogens (tertiary/aromatic N) is 1. The Balaban J connectivity index is 4.49. The number of ether oxygens (including phenoxy) is 1. The lowest BCUT2D eigenvalue weighted by Gasteiger charge is -2.29. The van der Waals surface area contributed by atoms with Gasteiger partial charge >= 0.3 is 14.9 Å². The van der Waals surface area contributed by atoms with E-state index >= 15 is 0 Å². The zero-order chi connectivity index (χ0) is 18.4. The van der Waals surface area contributed by atoms with E-state index in [9.17, 15) is 4.79 Å². The van der Waals surface area contributed by atoms with Gasteiger partial charge in [0.1, 0.15) is 0 Å². The number of methoxy groups -OCH3 is 1. The fraction of sp³-hybridized carbons (Fsp3) is 0.933. The Labute approximate surface area is 146 Å². The molecule has 1 unspecified atom stereocenters. The van der Waals surface area contributed by atoms with Crippen LogP contribution >= 0.6 is 0 Å². The summed E-state index contributed by atoms with van der Waals surface area (Å²) >= 11 is 0. The molecular weight excluding hydrogens is 334 g/mol. The van der Waals surface area contributed by atoms with Gasteiger partial charge in [0.15, 0.2) is 6.29 Å². The van der Waals surface area contributed by atoms with Crippen molar-refractivity contribution >= 4 is 14.9 Å². The van der Waals surface area contributed by atoms with Gasteiger partial charge in [0.25, 0.3) is 0 Å². The Morgan fingerprint density at radius 1 is 1.04 bits per heavy atom. The van der Waals surface area contributed by atoms with Crippen LogP contribution in [0.3, 0.4) is 0 Å². The van der Waals surface area contributed by atoms with Gasteiger partial charge in [-0.05, 0) is 41.0 Å². The molecule has 0 spiro atoms. The molecule has 0 aliphatic rings. The van der Waals surface area contributed by atoms with Gasteiger partial charge in [-0.3, -0.25) is 4.89 Å². The van der Waals surface area contributed by atoms with Crippen molar-refractivity contribution in [3.05, 3.63) is 0 Å². The summed E-state index contributed by atoms with van der Waals surface area (Å²) in [6.45, 7) is 11.9. The average molecular weight is 368 g/mol. The molecule has 0 radical (unpaired) electrons. The Morgan fingerprint density at radius 2 is 1.58 bits per heavy atom. The van der Waals surface area contributed by atoms with E-state index in [1.807, 2.05) is 27.7 Å². The van der Waals surface area contributed by atoms with Crippen LogP contribution in [0.5, 0.6) is 0 Å². The Kier molecular flexibility index (Phi) is 13.2. The number of hydrogen-bond acceptors (Lipinski definition) is 7. The molecule has 1 atom stereocenters. The second-order valence-corrected chi connectivity index (χ2v) is 7.65. The monoisotopic (exact) mass is 367 g/mol. The topological polar surface area (TPSA) is 75.7 Å². The summed E-state index contributed by atoms with van der Waals surface area (Å²) in [6, 6.07) is 0.641. The lowest BCUT2D eigenvalue weighted by molar-refractivity contribution is -0.331. The van der Waals surface area contributed by atoms with E-state index in [4.69, 9.17) is 27.8 Å².